The fourth-order valence-corrected chi connectivity index (χ4v) is 13.5. The molecule has 2 heterocycles. The molecule has 0 spiro atoms. The van der Waals surface area contributed by atoms with Gasteiger partial charge in [0.1, 0.15) is 67.7 Å². The molecule has 2 saturated carbocycles. The summed E-state index contributed by atoms with van der Waals surface area (Å²) in [5.41, 5.74) is 11.3. The van der Waals surface area contributed by atoms with Crippen LogP contribution >= 0.6 is 31.9 Å². The molecule has 80 heavy (non-hydrogen) atoms. The molecular formula is C71H70Br2O7. The molecule has 12 rings (SSSR count). The summed E-state index contributed by atoms with van der Waals surface area (Å²) in [6.07, 6.45) is 11.3. The Morgan fingerprint density at radius 2 is 0.613 bits per heavy atom. The molecule has 0 radical (unpaired) electrons. The lowest BCUT2D eigenvalue weighted by Gasteiger charge is -2.45. The van der Waals surface area contributed by atoms with Crippen LogP contribution in [0.25, 0.3) is 22.3 Å². The second-order valence-electron chi connectivity index (χ2n) is 22.4. The van der Waals surface area contributed by atoms with Gasteiger partial charge in [0.25, 0.3) is 0 Å². The Bertz CT molecular complexity index is 3020. The normalized spacial score (nSPS) is 19.2. The summed E-state index contributed by atoms with van der Waals surface area (Å²) in [5, 5.41) is 11.4. The lowest BCUT2D eigenvalue weighted by molar-refractivity contribution is 0.0626. The van der Waals surface area contributed by atoms with Crippen LogP contribution in [0.1, 0.15) is 97.6 Å². The van der Waals surface area contributed by atoms with E-state index in [1.165, 1.54) is 94.2 Å². The number of ether oxygens (including phenoxy) is 6. The van der Waals surface area contributed by atoms with Crippen molar-refractivity contribution in [3.8, 4) is 45.3 Å². The van der Waals surface area contributed by atoms with Gasteiger partial charge in [0.15, 0.2) is 0 Å². The summed E-state index contributed by atoms with van der Waals surface area (Å²) >= 11 is 7.22. The highest BCUT2D eigenvalue weighted by atomic mass is 79.9. The van der Waals surface area contributed by atoms with Crippen molar-refractivity contribution >= 4 is 31.9 Å². The first-order valence-corrected chi connectivity index (χ1v) is 30.5. The molecule has 4 fully saturated rings. The maximum Gasteiger partial charge on any atom is 0.122 e. The van der Waals surface area contributed by atoms with Gasteiger partial charge in [-0.05, 0) is 166 Å². The summed E-state index contributed by atoms with van der Waals surface area (Å²) < 4.78 is 38.0. The Hall–Kier alpha value is -6.20. The van der Waals surface area contributed by atoms with Crippen LogP contribution in [0.15, 0.2) is 203 Å². The predicted octanol–water partition coefficient (Wildman–Crippen LogP) is 16.7. The van der Waals surface area contributed by atoms with Crippen molar-refractivity contribution in [2.75, 3.05) is 39.6 Å². The average Bonchev–Trinajstić information content (AvgIpc) is 4.51. The van der Waals surface area contributed by atoms with Crippen LogP contribution in [0.2, 0.25) is 0 Å². The fourth-order valence-electron chi connectivity index (χ4n) is 13.0. The van der Waals surface area contributed by atoms with Crippen LogP contribution in [-0.2, 0) is 20.3 Å². The van der Waals surface area contributed by atoms with Gasteiger partial charge in [0.05, 0.1) is 13.2 Å². The number of rotatable bonds is 22. The van der Waals surface area contributed by atoms with Gasteiger partial charge in [0, 0.05) is 19.8 Å². The van der Waals surface area contributed by atoms with E-state index < -0.39 is 16.9 Å². The second kappa shape index (κ2) is 24.9. The third-order valence-electron chi connectivity index (χ3n) is 17.3. The Balaban J connectivity index is 0.779. The largest absolute Gasteiger partial charge is 0.491 e. The zero-order valence-electron chi connectivity index (χ0n) is 45.3. The highest BCUT2D eigenvalue weighted by Gasteiger charge is 2.46. The van der Waals surface area contributed by atoms with Crippen LogP contribution in [-0.4, -0.2) is 63.1 Å². The third-order valence-corrected chi connectivity index (χ3v) is 18.3. The molecule has 8 aromatic rings. The van der Waals surface area contributed by atoms with E-state index in [-0.39, 0.29) is 25.4 Å². The molecule has 410 valence electrons. The molecule has 8 aromatic carbocycles. The van der Waals surface area contributed by atoms with Gasteiger partial charge >= 0.3 is 0 Å². The first-order valence-electron chi connectivity index (χ1n) is 28.9. The van der Waals surface area contributed by atoms with Crippen molar-refractivity contribution in [3.63, 3.8) is 0 Å². The molecule has 9 heteroatoms. The number of aliphatic hydroxyl groups is 1. The maximum atomic E-state index is 11.4. The van der Waals surface area contributed by atoms with Gasteiger partial charge < -0.3 is 33.5 Å². The number of hydrogen-bond donors (Lipinski definition) is 1. The van der Waals surface area contributed by atoms with E-state index in [0.717, 1.165) is 59.3 Å². The SMILES string of the molecule is OC(COc1ccc(C(c2ccc(OCC3CO3)cc2)(c2ccc(-c3ccc(Br)cc3)cc2)C2CCCCC2)cc1)COc1ccc(C(c2ccc(OCC3CO3)cc2)(c2ccc(-c3ccc(Br)cc3)cc2)C2CCCCC2)cc1. The van der Waals surface area contributed by atoms with Gasteiger partial charge in [0.2, 0.25) is 0 Å². The van der Waals surface area contributed by atoms with Crippen LogP contribution in [0.5, 0.6) is 23.0 Å². The first kappa shape index (κ1) is 54.4. The van der Waals surface area contributed by atoms with Gasteiger partial charge in [-0.25, -0.2) is 0 Å². The zero-order valence-corrected chi connectivity index (χ0v) is 48.5. The van der Waals surface area contributed by atoms with Crippen molar-refractivity contribution < 1.29 is 33.5 Å². The molecule has 1 N–H and O–H groups in total. The molecule has 4 unspecified atom stereocenters. The highest BCUT2D eigenvalue weighted by molar-refractivity contribution is 9.10. The molecule has 2 aliphatic heterocycles. The smallest absolute Gasteiger partial charge is 0.122 e. The lowest BCUT2D eigenvalue weighted by Crippen LogP contribution is -2.39. The number of epoxide rings is 2. The number of hydrogen-bond acceptors (Lipinski definition) is 7. The van der Waals surface area contributed by atoms with Crippen LogP contribution in [0.3, 0.4) is 0 Å². The summed E-state index contributed by atoms with van der Waals surface area (Å²) in [7, 11) is 0. The molecule has 0 aromatic heterocycles. The van der Waals surface area contributed by atoms with Crippen molar-refractivity contribution in [1.82, 2.24) is 0 Å². The number of aliphatic hydroxyl groups excluding tert-OH is 1. The molecule has 4 aliphatic rings. The van der Waals surface area contributed by atoms with E-state index in [2.05, 4.69) is 226 Å². The molecule has 2 aliphatic carbocycles. The van der Waals surface area contributed by atoms with E-state index in [1.807, 2.05) is 0 Å². The Kier molecular flexibility index (Phi) is 16.9. The first-order chi connectivity index (χ1) is 39.3. The van der Waals surface area contributed by atoms with Gasteiger partial charge in [-0.1, -0.05) is 192 Å². The van der Waals surface area contributed by atoms with Crippen molar-refractivity contribution in [1.29, 1.82) is 0 Å². The monoisotopic (exact) mass is 1190 g/mol. The molecular weight excluding hydrogens is 1120 g/mol. The van der Waals surface area contributed by atoms with E-state index >= 15 is 0 Å². The quantitative estimate of drug-likeness (QED) is 0.0535. The van der Waals surface area contributed by atoms with E-state index in [4.69, 9.17) is 28.4 Å². The Morgan fingerprint density at radius 3 is 0.887 bits per heavy atom. The summed E-state index contributed by atoms with van der Waals surface area (Å²) in [6.45, 7) is 2.83. The minimum atomic E-state index is -0.857. The van der Waals surface area contributed by atoms with Crippen LogP contribution in [0.4, 0.5) is 0 Å². The topological polar surface area (TPSA) is 82.2 Å². The summed E-state index contributed by atoms with van der Waals surface area (Å²) in [5.74, 6) is 3.85. The molecule has 0 bridgehead atoms. The second-order valence-corrected chi connectivity index (χ2v) is 24.2. The van der Waals surface area contributed by atoms with Gasteiger partial charge in [-0.2, -0.15) is 0 Å². The lowest BCUT2D eigenvalue weighted by atomic mass is 9.58. The molecule has 2 saturated heterocycles. The molecule has 7 nitrogen and oxygen atoms in total. The average molecular weight is 1200 g/mol. The molecule has 4 atom stereocenters. The van der Waals surface area contributed by atoms with Gasteiger partial charge in [-0.3, -0.25) is 0 Å². The van der Waals surface area contributed by atoms with Crippen molar-refractivity contribution in [3.05, 3.63) is 236 Å². The fraction of sp³-hybridized carbons (Fsp3) is 0.324. The summed E-state index contributed by atoms with van der Waals surface area (Å²) in [4.78, 5) is 0. The molecule has 0 amide bonds. The minimum Gasteiger partial charge on any atom is -0.491 e. The van der Waals surface area contributed by atoms with Gasteiger partial charge in [-0.15, -0.1) is 0 Å². The maximum absolute atomic E-state index is 11.4. The summed E-state index contributed by atoms with van der Waals surface area (Å²) in [6, 6.07) is 70.3. The van der Waals surface area contributed by atoms with Crippen LogP contribution < -0.4 is 18.9 Å². The standard InChI is InChI=1S/C71H70Br2O7/c72-61-31-15-51(16-32-61)49-11-19-55(20-12-49)70(53-7-3-1-4-8-53,59-27-39-66(40-28-59)77-45-68-47-79-68)57-23-35-64(36-24-57)75-43-63(74)44-76-65-37-25-58(26-38-65)71(54-9-5-2-6-10-54,60-29-41-67(42-30-60)78-46-69-48-80-69)56-21-13-50(14-22-56)52-17-33-62(73)34-18-52/h11-42,53-54,63,68-69,74H,1-10,43-48H2. The van der Waals surface area contributed by atoms with E-state index in [0.29, 0.717) is 36.5 Å². The van der Waals surface area contributed by atoms with E-state index in [1.54, 1.807) is 0 Å². The Morgan fingerprint density at radius 1 is 0.362 bits per heavy atom. The zero-order chi connectivity index (χ0) is 54.3. The highest BCUT2D eigenvalue weighted by Crippen LogP contribution is 2.53. The van der Waals surface area contributed by atoms with Crippen molar-refractivity contribution in [2.45, 2.75) is 93.4 Å². The minimum absolute atomic E-state index is 0.0878. The Labute approximate surface area is 488 Å². The van der Waals surface area contributed by atoms with Crippen molar-refractivity contribution in [2.24, 2.45) is 11.8 Å². The number of benzene rings is 8. The number of halogens is 2. The predicted molar refractivity (Wildman–Crippen MR) is 325 cm³/mol. The van der Waals surface area contributed by atoms with Crippen LogP contribution in [0, 0.1) is 11.8 Å². The van der Waals surface area contributed by atoms with E-state index in [9.17, 15) is 5.11 Å². The third kappa shape index (κ3) is 12.2.